The summed E-state index contributed by atoms with van der Waals surface area (Å²) in [6.45, 7) is 2.64. The van der Waals surface area contributed by atoms with Gasteiger partial charge in [-0.25, -0.2) is 0 Å². The molecule has 0 aromatic carbocycles. The van der Waals surface area contributed by atoms with E-state index < -0.39 is 86.8 Å². The quantitative estimate of drug-likeness (QED) is 0.0204. The number of aliphatic hydroxyl groups excluding tert-OH is 8. The van der Waals surface area contributed by atoms with Crippen LogP contribution in [0.4, 0.5) is 0 Å². The number of unbranched alkanes of at least 4 members (excludes halogenated alkanes) is 23. The average molecular weight is 1100 g/mol. The van der Waals surface area contributed by atoms with Crippen molar-refractivity contribution in [2.24, 2.45) is 0 Å². The molecule has 0 bridgehead atoms. The van der Waals surface area contributed by atoms with Crippen LogP contribution in [-0.2, 0) is 23.7 Å². The van der Waals surface area contributed by atoms with Crippen LogP contribution in [0.5, 0.6) is 0 Å². The molecule has 2 heterocycles. The summed E-state index contributed by atoms with van der Waals surface area (Å²) in [5.74, 6) is -0.279. The first-order valence-electron chi connectivity index (χ1n) is 30.8. The lowest BCUT2D eigenvalue weighted by molar-refractivity contribution is -0.359. The summed E-state index contributed by atoms with van der Waals surface area (Å²) in [5, 5.41) is 87.1. The molecule has 450 valence electrons. The molecule has 12 unspecified atom stereocenters. The molecule has 1 amide bonds. The molecule has 9 N–H and O–H groups in total. The van der Waals surface area contributed by atoms with E-state index in [0.29, 0.717) is 12.8 Å². The van der Waals surface area contributed by atoms with E-state index in [0.717, 1.165) is 77.0 Å². The lowest BCUT2D eigenvalue weighted by Crippen LogP contribution is -2.65. The Morgan fingerprint density at radius 2 is 0.897 bits per heavy atom. The topological polar surface area (TPSA) is 228 Å². The van der Waals surface area contributed by atoms with Crippen LogP contribution in [0.25, 0.3) is 0 Å². The first kappa shape index (κ1) is 71.3. The molecule has 2 aliphatic rings. The molecule has 2 rings (SSSR count). The predicted octanol–water partition coefficient (Wildman–Crippen LogP) is 10.9. The Morgan fingerprint density at radius 1 is 0.474 bits per heavy atom. The third-order valence-electron chi connectivity index (χ3n) is 14.5. The van der Waals surface area contributed by atoms with Crippen LogP contribution in [0.15, 0.2) is 85.1 Å². The van der Waals surface area contributed by atoms with E-state index in [-0.39, 0.29) is 18.9 Å². The van der Waals surface area contributed by atoms with Crippen molar-refractivity contribution in [3.05, 3.63) is 85.1 Å². The van der Waals surface area contributed by atoms with Crippen molar-refractivity contribution in [1.29, 1.82) is 0 Å². The van der Waals surface area contributed by atoms with Gasteiger partial charge in [-0.1, -0.05) is 214 Å². The van der Waals surface area contributed by atoms with Gasteiger partial charge in [-0.15, -0.1) is 0 Å². The largest absolute Gasteiger partial charge is 0.394 e. The Morgan fingerprint density at radius 3 is 1.41 bits per heavy atom. The molecule has 0 radical (unpaired) electrons. The van der Waals surface area contributed by atoms with E-state index in [1.807, 2.05) is 6.08 Å². The number of allylic oxidation sites excluding steroid dienone is 13. The summed E-state index contributed by atoms with van der Waals surface area (Å²) in [7, 11) is 0. The molecule has 2 saturated heterocycles. The number of carbonyl (C=O) groups excluding carboxylic acids is 1. The monoisotopic (exact) mass is 1100 g/mol. The van der Waals surface area contributed by atoms with E-state index in [9.17, 15) is 45.6 Å². The van der Waals surface area contributed by atoms with Gasteiger partial charge in [0.1, 0.15) is 48.8 Å². The fourth-order valence-corrected chi connectivity index (χ4v) is 9.61. The van der Waals surface area contributed by atoms with E-state index in [4.69, 9.17) is 18.9 Å². The highest BCUT2D eigenvalue weighted by molar-refractivity contribution is 5.76. The molecule has 0 aromatic rings. The standard InChI is InChI=1S/C64H111NO13/c1-3-5-7-9-11-13-15-17-19-21-22-23-24-25-26-27-28-29-30-32-33-35-37-39-41-43-45-47-53(68)52(65-56(69)48-46-44-42-40-38-36-34-31-20-18-16-14-12-10-8-6-4-2)51-75-63-61(74)59(72)62(55(50-67)77-63)78-64-60(73)58(71)57(70)54(49-66)76-64/h6,8,12,14,18,20,30,32,34,36-37,39,45,47,52-55,57-64,66-68,70-74H,3-5,7,9-11,13,15-17,19,21-29,31,33,35,38,40-44,46,48-51H2,1-2H3,(H,65,69)/b8-6-,14-12-,20-18-,32-30+,36-34-,39-37+,47-45+. The summed E-state index contributed by atoms with van der Waals surface area (Å²) in [5.41, 5.74) is 0. The van der Waals surface area contributed by atoms with Crippen LogP contribution in [-0.4, -0.2) is 140 Å². The highest BCUT2D eigenvalue weighted by atomic mass is 16.7. The third kappa shape index (κ3) is 33.8. The van der Waals surface area contributed by atoms with Crippen molar-refractivity contribution >= 4 is 5.91 Å². The summed E-state index contributed by atoms with van der Waals surface area (Å²) in [4.78, 5) is 13.2. The minimum absolute atomic E-state index is 0.237. The van der Waals surface area contributed by atoms with Gasteiger partial charge in [-0.3, -0.25) is 4.79 Å². The molecule has 14 heteroatoms. The first-order valence-corrected chi connectivity index (χ1v) is 30.8. The normalized spacial score (nSPS) is 25.2. The molecular weight excluding hydrogens is 991 g/mol. The number of hydrogen-bond donors (Lipinski definition) is 9. The van der Waals surface area contributed by atoms with Gasteiger partial charge in [-0.2, -0.15) is 0 Å². The molecule has 0 aromatic heterocycles. The number of amides is 1. The first-order chi connectivity index (χ1) is 38.1. The Labute approximate surface area is 471 Å². The fraction of sp³-hybridized carbons (Fsp3) is 0.766. The van der Waals surface area contributed by atoms with Gasteiger partial charge in [0, 0.05) is 6.42 Å². The zero-order valence-corrected chi connectivity index (χ0v) is 48.4. The van der Waals surface area contributed by atoms with E-state index in [2.05, 4.69) is 92.1 Å². The summed E-state index contributed by atoms with van der Waals surface area (Å²) < 4.78 is 22.7. The van der Waals surface area contributed by atoms with Gasteiger partial charge in [-0.05, 0) is 83.5 Å². The van der Waals surface area contributed by atoms with Crippen molar-refractivity contribution in [2.75, 3.05) is 19.8 Å². The van der Waals surface area contributed by atoms with E-state index in [1.165, 1.54) is 109 Å². The third-order valence-corrected chi connectivity index (χ3v) is 14.5. The number of rotatable bonds is 48. The van der Waals surface area contributed by atoms with E-state index in [1.54, 1.807) is 6.08 Å². The Bertz CT molecular complexity index is 1630. The summed E-state index contributed by atoms with van der Waals surface area (Å²) in [6, 6.07) is -0.957. The van der Waals surface area contributed by atoms with Crippen molar-refractivity contribution in [3.63, 3.8) is 0 Å². The second kappa shape index (κ2) is 48.8. The highest BCUT2D eigenvalue weighted by Crippen LogP contribution is 2.30. The van der Waals surface area contributed by atoms with Crippen LogP contribution in [0.1, 0.15) is 219 Å². The van der Waals surface area contributed by atoms with Gasteiger partial charge >= 0.3 is 0 Å². The highest BCUT2D eigenvalue weighted by Gasteiger charge is 2.51. The Balaban J connectivity index is 1.78. The van der Waals surface area contributed by atoms with E-state index >= 15 is 0 Å². The predicted molar refractivity (Wildman–Crippen MR) is 313 cm³/mol. The van der Waals surface area contributed by atoms with Crippen LogP contribution < -0.4 is 5.32 Å². The molecular formula is C64H111NO13. The van der Waals surface area contributed by atoms with Crippen molar-refractivity contribution in [3.8, 4) is 0 Å². The van der Waals surface area contributed by atoms with Crippen molar-refractivity contribution < 1.29 is 64.6 Å². The lowest BCUT2D eigenvalue weighted by atomic mass is 9.97. The SMILES string of the molecule is CC/C=C\C/C=C\C/C=C\C/C=C\CCCCCCC(=O)NC(COC1OC(CO)C(OC2OC(CO)C(O)C(O)C2O)C(O)C1O)C(O)/C=C/CC/C=C/CC/C=C/CCCCCCCCCCCCCCCCCCC. The van der Waals surface area contributed by atoms with Crippen LogP contribution >= 0.6 is 0 Å². The summed E-state index contributed by atoms with van der Waals surface area (Å²) in [6.07, 6.45) is 49.2. The molecule has 12 atom stereocenters. The van der Waals surface area contributed by atoms with Crippen molar-refractivity contribution in [2.45, 2.75) is 293 Å². The van der Waals surface area contributed by atoms with Gasteiger partial charge in [0.25, 0.3) is 0 Å². The molecule has 0 saturated carbocycles. The zero-order chi connectivity index (χ0) is 56.7. The molecule has 14 nitrogen and oxygen atoms in total. The maximum Gasteiger partial charge on any atom is 0.220 e. The molecule has 2 fully saturated rings. The van der Waals surface area contributed by atoms with Gasteiger partial charge < -0.3 is 65.1 Å². The summed E-state index contributed by atoms with van der Waals surface area (Å²) >= 11 is 0. The minimum Gasteiger partial charge on any atom is -0.394 e. The van der Waals surface area contributed by atoms with Gasteiger partial charge in [0.2, 0.25) is 5.91 Å². The van der Waals surface area contributed by atoms with Crippen molar-refractivity contribution in [1.82, 2.24) is 5.32 Å². The minimum atomic E-state index is -1.80. The maximum absolute atomic E-state index is 13.2. The zero-order valence-electron chi connectivity index (χ0n) is 48.4. The van der Waals surface area contributed by atoms with Gasteiger partial charge in [0.15, 0.2) is 12.6 Å². The molecule has 0 spiro atoms. The number of nitrogens with one attached hydrogen (secondary N) is 1. The van der Waals surface area contributed by atoms with Crippen LogP contribution in [0.3, 0.4) is 0 Å². The number of aliphatic hydroxyl groups is 8. The smallest absolute Gasteiger partial charge is 0.220 e. The van der Waals surface area contributed by atoms with Gasteiger partial charge in [0.05, 0.1) is 32.0 Å². The Kier molecular flexibility index (Phi) is 44.6. The fourth-order valence-electron chi connectivity index (χ4n) is 9.61. The lowest BCUT2D eigenvalue weighted by Gasteiger charge is -2.46. The maximum atomic E-state index is 13.2. The molecule has 0 aliphatic carbocycles. The molecule has 2 aliphatic heterocycles. The number of ether oxygens (including phenoxy) is 4. The van der Waals surface area contributed by atoms with Crippen LogP contribution in [0.2, 0.25) is 0 Å². The Hall–Kier alpha value is -2.83. The van der Waals surface area contributed by atoms with Crippen LogP contribution in [0, 0.1) is 0 Å². The second-order valence-corrected chi connectivity index (χ2v) is 21.4. The molecule has 78 heavy (non-hydrogen) atoms. The number of carbonyl (C=O) groups is 1. The second-order valence-electron chi connectivity index (χ2n) is 21.4. The average Bonchev–Trinajstić information content (AvgIpc) is 3.48. The number of hydrogen-bond acceptors (Lipinski definition) is 13.